The van der Waals surface area contributed by atoms with Gasteiger partial charge < -0.3 is 24.4 Å². The number of benzene rings is 2. The molecule has 0 radical (unpaired) electrons. The minimum absolute atomic E-state index is 0.0584. The lowest BCUT2D eigenvalue weighted by atomic mass is 10.1. The van der Waals surface area contributed by atoms with Crippen LogP contribution in [-0.4, -0.2) is 76.3 Å². The first kappa shape index (κ1) is 23.1. The summed E-state index contributed by atoms with van der Waals surface area (Å²) in [7, 11) is 4.45. The summed E-state index contributed by atoms with van der Waals surface area (Å²) in [4.78, 5) is 28.0. The zero-order valence-corrected chi connectivity index (χ0v) is 18.5. The molecule has 2 aromatic rings. The molecule has 1 saturated heterocycles. The first-order valence-electron chi connectivity index (χ1n) is 10.3. The Balaban J connectivity index is 1.52. The van der Waals surface area contributed by atoms with Gasteiger partial charge in [-0.3, -0.25) is 19.8 Å². The van der Waals surface area contributed by atoms with Crippen molar-refractivity contribution in [3.05, 3.63) is 52.1 Å². The Hall–Kier alpha value is -3.53. The van der Waals surface area contributed by atoms with Gasteiger partial charge in [0.2, 0.25) is 0 Å². The quantitative estimate of drug-likeness (QED) is 0.463. The van der Waals surface area contributed by atoms with Gasteiger partial charge in [0.15, 0.2) is 11.5 Å². The molecule has 0 aromatic heterocycles. The summed E-state index contributed by atoms with van der Waals surface area (Å²) in [5.41, 5.74) is 0.768. The predicted octanol–water partition coefficient (Wildman–Crippen LogP) is 2.17. The molecule has 1 fully saturated rings. The summed E-state index contributed by atoms with van der Waals surface area (Å²) in [5.74, 6) is 0.774. The van der Waals surface area contributed by atoms with Crippen molar-refractivity contribution in [2.24, 2.45) is 0 Å². The van der Waals surface area contributed by atoms with Gasteiger partial charge in [-0.15, -0.1) is 0 Å². The molecule has 0 aliphatic carbocycles. The second-order valence-corrected chi connectivity index (χ2v) is 7.26. The second kappa shape index (κ2) is 10.7. The van der Waals surface area contributed by atoms with Crippen LogP contribution in [0.25, 0.3) is 0 Å². The van der Waals surface area contributed by atoms with Crippen molar-refractivity contribution in [3.63, 3.8) is 0 Å². The van der Waals surface area contributed by atoms with E-state index in [1.54, 1.807) is 7.11 Å². The molecule has 0 saturated carbocycles. The number of methoxy groups -OCH3 is 3. The lowest BCUT2D eigenvalue weighted by Crippen LogP contribution is -2.48. The van der Waals surface area contributed by atoms with E-state index in [0.717, 1.165) is 37.6 Å². The van der Waals surface area contributed by atoms with E-state index in [2.05, 4.69) is 15.1 Å². The fraction of sp³-hybridized carbons (Fsp3) is 0.409. The van der Waals surface area contributed by atoms with Crippen molar-refractivity contribution in [3.8, 4) is 17.2 Å². The molecule has 10 nitrogen and oxygen atoms in total. The Morgan fingerprint density at radius 3 is 2.19 bits per heavy atom. The van der Waals surface area contributed by atoms with E-state index in [1.807, 2.05) is 24.3 Å². The maximum absolute atomic E-state index is 12.6. The second-order valence-electron chi connectivity index (χ2n) is 7.26. The Morgan fingerprint density at radius 1 is 1.00 bits per heavy atom. The van der Waals surface area contributed by atoms with Crippen LogP contribution in [0.4, 0.5) is 11.4 Å². The number of piperazine rings is 1. The number of anilines is 1. The number of nitro groups is 1. The third kappa shape index (κ3) is 5.38. The first-order valence-corrected chi connectivity index (χ1v) is 10.3. The molecule has 1 heterocycles. The van der Waals surface area contributed by atoms with E-state index in [9.17, 15) is 14.9 Å². The van der Waals surface area contributed by atoms with Crippen molar-refractivity contribution < 1.29 is 23.9 Å². The van der Waals surface area contributed by atoms with Gasteiger partial charge in [-0.05, 0) is 24.3 Å². The molecule has 3 rings (SSSR count). The lowest BCUT2D eigenvalue weighted by Gasteiger charge is -2.36. The van der Waals surface area contributed by atoms with Crippen LogP contribution in [0.3, 0.4) is 0 Å². The molecule has 32 heavy (non-hydrogen) atoms. The van der Waals surface area contributed by atoms with Gasteiger partial charge in [-0.2, -0.15) is 0 Å². The van der Waals surface area contributed by atoms with Crippen molar-refractivity contribution in [2.45, 2.75) is 0 Å². The smallest absolute Gasteiger partial charge is 0.286 e. The molecule has 10 heteroatoms. The topological polar surface area (TPSA) is 106 Å². The molecule has 0 bridgehead atoms. The Kier molecular flexibility index (Phi) is 7.72. The number of rotatable bonds is 9. The van der Waals surface area contributed by atoms with Gasteiger partial charge in [0.25, 0.3) is 11.6 Å². The zero-order valence-electron chi connectivity index (χ0n) is 18.5. The first-order chi connectivity index (χ1) is 15.5. The standard InChI is InChI=1S/C22H28N4O6/c1-30-17-6-4-16(5-7-17)25-12-10-24(11-13-25)9-8-23-22(27)18-14-20(31-2)21(32-3)15-19(18)26(28)29/h4-7,14-15H,8-13H2,1-3H3,(H,23,27). The monoisotopic (exact) mass is 444 g/mol. The summed E-state index contributed by atoms with van der Waals surface area (Å²) < 4.78 is 15.5. The van der Waals surface area contributed by atoms with E-state index in [4.69, 9.17) is 14.2 Å². The van der Waals surface area contributed by atoms with Crippen LogP contribution in [0.2, 0.25) is 0 Å². The molecule has 1 aliphatic rings. The number of carbonyl (C=O) groups is 1. The average molecular weight is 444 g/mol. The van der Waals surface area contributed by atoms with Crippen molar-refractivity contribution >= 4 is 17.3 Å². The van der Waals surface area contributed by atoms with Gasteiger partial charge in [-0.25, -0.2) is 0 Å². The van der Waals surface area contributed by atoms with Crippen LogP contribution in [-0.2, 0) is 0 Å². The van der Waals surface area contributed by atoms with Crippen LogP contribution in [0.1, 0.15) is 10.4 Å². The van der Waals surface area contributed by atoms with Gasteiger partial charge in [-0.1, -0.05) is 0 Å². The van der Waals surface area contributed by atoms with Crippen LogP contribution in [0, 0.1) is 10.1 Å². The van der Waals surface area contributed by atoms with Gasteiger partial charge >= 0.3 is 0 Å². The third-order valence-electron chi connectivity index (χ3n) is 5.47. The van der Waals surface area contributed by atoms with E-state index < -0.39 is 10.8 Å². The maximum atomic E-state index is 12.6. The zero-order chi connectivity index (χ0) is 23.1. The molecule has 172 valence electrons. The summed E-state index contributed by atoms with van der Waals surface area (Å²) in [6.45, 7) is 4.51. The number of ether oxygens (including phenoxy) is 3. The van der Waals surface area contributed by atoms with Gasteiger partial charge in [0.05, 0.1) is 32.3 Å². The van der Waals surface area contributed by atoms with E-state index in [-0.39, 0.29) is 22.7 Å². The molecule has 0 atom stereocenters. The van der Waals surface area contributed by atoms with Crippen LogP contribution in [0.15, 0.2) is 36.4 Å². The Labute approximate surface area is 186 Å². The number of carbonyl (C=O) groups excluding carboxylic acids is 1. The fourth-order valence-corrected chi connectivity index (χ4v) is 3.65. The van der Waals surface area contributed by atoms with E-state index >= 15 is 0 Å². The summed E-state index contributed by atoms with van der Waals surface area (Å²) in [6.07, 6.45) is 0. The number of amides is 1. The number of hydrogen-bond donors (Lipinski definition) is 1. The van der Waals surface area contributed by atoms with Gasteiger partial charge in [0, 0.05) is 51.0 Å². The molecule has 1 N–H and O–H groups in total. The average Bonchev–Trinajstić information content (AvgIpc) is 2.83. The largest absolute Gasteiger partial charge is 0.497 e. The Bertz CT molecular complexity index is 942. The molecular formula is C22H28N4O6. The maximum Gasteiger partial charge on any atom is 0.286 e. The van der Waals surface area contributed by atoms with Crippen molar-refractivity contribution in [1.29, 1.82) is 0 Å². The molecule has 1 aliphatic heterocycles. The molecule has 2 aromatic carbocycles. The molecule has 0 unspecified atom stereocenters. The predicted molar refractivity (Wildman–Crippen MR) is 120 cm³/mol. The van der Waals surface area contributed by atoms with E-state index in [0.29, 0.717) is 13.1 Å². The number of nitrogens with zero attached hydrogens (tertiary/aromatic N) is 3. The molecule has 0 spiro atoms. The fourth-order valence-electron chi connectivity index (χ4n) is 3.65. The highest BCUT2D eigenvalue weighted by atomic mass is 16.6. The third-order valence-corrected chi connectivity index (χ3v) is 5.47. The Morgan fingerprint density at radius 2 is 1.62 bits per heavy atom. The summed E-state index contributed by atoms with van der Waals surface area (Å²) >= 11 is 0. The summed E-state index contributed by atoms with van der Waals surface area (Å²) in [6, 6.07) is 10.5. The van der Waals surface area contributed by atoms with Crippen LogP contribution >= 0.6 is 0 Å². The normalized spacial score (nSPS) is 14.0. The minimum Gasteiger partial charge on any atom is -0.497 e. The van der Waals surface area contributed by atoms with Crippen molar-refractivity contribution in [2.75, 3.05) is 65.5 Å². The highest BCUT2D eigenvalue weighted by Crippen LogP contribution is 2.34. The number of nitro benzene ring substituents is 1. The number of nitrogens with one attached hydrogen (secondary N) is 1. The lowest BCUT2D eigenvalue weighted by molar-refractivity contribution is -0.385. The highest BCUT2D eigenvalue weighted by Gasteiger charge is 2.25. The van der Waals surface area contributed by atoms with Gasteiger partial charge in [0.1, 0.15) is 11.3 Å². The SMILES string of the molecule is COc1ccc(N2CCN(CCNC(=O)c3cc(OC)c(OC)cc3[N+](=O)[O-])CC2)cc1. The molecule has 1 amide bonds. The number of hydrogen-bond acceptors (Lipinski definition) is 8. The molecular weight excluding hydrogens is 416 g/mol. The highest BCUT2D eigenvalue weighted by molar-refractivity contribution is 5.99. The van der Waals surface area contributed by atoms with Crippen LogP contribution < -0.4 is 24.4 Å². The minimum atomic E-state index is -0.602. The van der Waals surface area contributed by atoms with Crippen molar-refractivity contribution in [1.82, 2.24) is 10.2 Å². The summed E-state index contributed by atoms with van der Waals surface area (Å²) in [5, 5.41) is 14.2. The van der Waals surface area contributed by atoms with Crippen LogP contribution in [0.5, 0.6) is 17.2 Å². The van der Waals surface area contributed by atoms with E-state index in [1.165, 1.54) is 26.4 Å².